The van der Waals surface area contributed by atoms with Crippen LogP contribution < -0.4 is 5.32 Å². The lowest BCUT2D eigenvalue weighted by Gasteiger charge is -2.20. The molecule has 1 aliphatic heterocycles. The zero-order valence-electron chi connectivity index (χ0n) is 11.5. The molecule has 1 saturated heterocycles. The summed E-state index contributed by atoms with van der Waals surface area (Å²) in [7, 11) is 5.84. The van der Waals surface area contributed by atoms with E-state index in [1.165, 1.54) is 0 Å². The normalized spacial score (nSPS) is 19.0. The lowest BCUT2D eigenvalue weighted by Crippen LogP contribution is -2.34. The van der Waals surface area contributed by atoms with E-state index in [0.29, 0.717) is 22.6 Å². The van der Waals surface area contributed by atoms with E-state index in [9.17, 15) is 4.79 Å². The number of likely N-dealkylation sites (N-methyl/N-ethyl adjacent to an activating group) is 1. The number of aromatic nitrogens is 1. The highest BCUT2D eigenvalue weighted by molar-refractivity contribution is 6.29. The van der Waals surface area contributed by atoms with Crippen molar-refractivity contribution in [3.63, 3.8) is 0 Å². The molecule has 1 unspecified atom stereocenters. The number of amides is 1. The van der Waals surface area contributed by atoms with Gasteiger partial charge in [-0.3, -0.25) is 4.79 Å². The molecular weight excluding hydrogens is 264 g/mol. The first kappa shape index (κ1) is 14.1. The number of rotatable bonds is 3. The second-order valence-corrected chi connectivity index (χ2v) is 5.36. The third-order valence-corrected chi connectivity index (χ3v) is 3.67. The Hall–Kier alpha value is -1.33. The molecule has 1 aromatic heterocycles. The summed E-state index contributed by atoms with van der Waals surface area (Å²) in [5.74, 6) is 0.629. The fourth-order valence-corrected chi connectivity index (χ4v) is 2.49. The van der Waals surface area contributed by atoms with E-state index in [1.807, 2.05) is 19.0 Å². The summed E-state index contributed by atoms with van der Waals surface area (Å²) < 4.78 is 0. The summed E-state index contributed by atoms with van der Waals surface area (Å²) >= 11 is 5.93. The van der Waals surface area contributed by atoms with Crippen LogP contribution in [0.2, 0.25) is 5.15 Å². The van der Waals surface area contributed by atoms with E-state index >= 15 is 0 Å². The van der Waals surface area contributed by atoms with Gasteiger partial charge in [0.25, 0.3) is 5.91 Å². The Morgan fingerprint density at radius 2 is 2.26 bits per heavy atom. The fourth-order valence-electron chi connectivity index (χ4n) is 2.28. The van der Waals surface area contributed by atoms with E-state index in [0.717, 1.165) is 19.5 Å². The predicted molar refractivity (Wildman–Crippen MR) is 76.8 cm³/mol. The van der Waals surface area contributed by atoms with Gasteiger partial charge in [0.15, 0.2) is 0 Å². The number of hydrogen-bond acceptors (Lipinski definition) is 4. The number of nitrogens with zero attached hydrogens (tertiary/aromatic N) is 3. The molecule has 1 atom stereocenters. The minimum absolute atomic E-state index is 0.0187. The molecular formula is C13H19ClN4O. The topological polar surface area (TPSA) is 48.5 Å². The molecule has 0 aromatic carbocycles. The molecule has 5 nitrogen and oxygen atoms in total. The van der Waals surface area contributed by atoms with Crippen LogP contribution in [0.1, 0.15) is 16.8 Å². The van der Waals surface area contributed by atoms with Gasteiger partial charge in [0.05, 0.1) is 0 Å². The first-order valence-corrected chi connectivity index (χ1v) is 6.70. The molecule has 104 valence electrons. The van der Waals surface area contributed by atoms with E-state index in [-0.39, 0.29) is 5.91 Å². The van der Waals surface area contributed by atoms with Crippen LogP contribution in [-0.4, -0.2) is 61.0 Å². The Morgan fingerprint density at radius 3 is 2.84 bits per heavy atom. The standard InChI is InChI=1S/C13H19ClN4O/c1-15-12-7-9(6-11(14)16-12)13(19)18-5-4-10(8-18)17(2)3/h6-7,10H,4-5,8H2,1-3H3,(H,15,16). The quantitative estimate of drug-likeness (QED) is 0.855. The molecule has 19 heavy (non-hydrogen) atoms. The van der Waals surface area contributed by atoms with Crippen molar-refractivity contribution < 1.29 is 4.79 Å². The maximum Gasteiger partial charge on any atom is 0.254 e. The molecule has 1 N–H and O–H groups in total. The molecule has 0 bridgehead atoms. The van der Waals surface area contributed by atoms with E-state index in [1.54, 1.807) is 19.2 Å². The van der Waals surface area contributed by atoms with E-state index < -0.39 is 0 Å². The smallest absolute Gasteiger partial charge is 0.254 e. The van der Waals surface area contributed by atoms with Crippen molar-refractivity contribution in [2.45, 2.75) is 12.5 Å². The van der Waals surface area contributed by atoms with Crippen LogP contribution in [-0.2, 0) is 0 Å². The number of hydrogen-bond donors (Lipinski definition) is 1. The van der Waals surface area contributed by atoms with Gasteiger partial charge in [-0.05, 0) is 32.6 Å². The van der Waals surface area contributed by atoms with Gasteiger partial charge >= 0.3 is 0 Å². The zero-order valence-corrected chi connectivity index (χ0v) is 12.2. The lowest BCUT2D eigenvalue weighted by molar-refractivity contribution is 0.0783. The van der Waals surface area contributed by atoms with E-state index in [4.69, 9.17) is 11.6 Å². The third kappa shape index (κ3) is 3.16. The Kier molecular flexibility index (Phi) is 4.27. The van der Waals surface area contributed by atoms with Crippen LogP contribution in [0, 0.1) is 0 Å². The molecule has 1 amide bonds. The molecule has 0 spiro atoms. The number of halogens is 1. The number of nitrogens with one attached hydrogen (secondary N) is 1. The van der Waals surface area contributed by atoms with Gasteiger partial charge < -0.3 is 15.1 Å². The average molecular weight is 283 g/mol. The number of carbonyl (C=O) groups is 1. The number of anilines is 1. The summed E-state index contributed by atoms with van der Waals surface area (Å²) in [5.41, 5.74) is 0.587. The second-order valence-electron chi connectivity index (χ2n) is 4.97. The predicted octanol–water partition coefficient (Wildman–Crippen LogP) is 1.55. The molecule has 2 heterocycles. The summed E-state index contributed by atoms with van der Waals surface area (Å²) in [6.07, 6.45) is 1.01. The molecule has 1 aliphatic rings. The highest BCUT2D eigenvalue weighted by Gasteiger charge is 2.28. The number of carbonyl (C=O) groups excluding carboxylic acids is 1. The Labute approximate surface area is 118 Å². The molecule has 0 aliphatic carbocycles. The van der Waals surface area contributed by atoms with Gasteiger partial charge in [-0.2, -0.15) is 0 Å². The molecule has 1 aromatic rings. The SMILES string of the molecule is CNc1cc(C(=O)N2CCC(N(C)C)C2)cc(Cl)n1. The molecule has 2 rings (SSSR count). The summed E-state index contributed by atoms with van der Waals surface area (Å²) in [4.78, 5) is 20.5. The van der Waals surface area contributed by atoms with Crippen molar-refractivity contribution in [2.75, 3.05) is 39.5 Å². The van der Waals surface area contributed by atoms with Gasteiger partial charge in [-0.25, -0.2) is 4.98 Å². The first-order chi connectivity index (χ1) is 9.01. The van der Waals surface area contributed by atoms with Crippen molar-refractivity contribution in [3.05, 3.63) is 22.8 Å². The van der Waals surface area contributed by atoms with Crippen LogP contribution in [0.25, 0.3) is 0 Å². The van der Waals surface area contributed by atoms with Crippen LogP contribution in [0.5, 0.6) is 0 Å². The first-order valence-electron chi connectivity index (χ1n) is 6.32. The van der Waals surface area contributed by atoms with Crippen LogP contribution in [0.4, 0.5) is 5.82 Å². The highest BCUT2D eigenvalue weighted by atomic mass is 35.5. The molecule has 1 fully saturated rings. The fraction of sp³-hybridized carbons (Fsp3) is 0.538. The van der Waals surface area contributed by atoms with Crippen molar-refractivity contribution >= 4 is 23.3 Å². The maximum atomic E-state index is 12.4. The minimum atomic E-state index is 0.0187. The Morgan fingerprint density at radius 1 is 1.53 bits per heavy atom. The van der Waals surface area contributed by atoms with Gasteiger partial charge in [0, 0.05) is 31.7 Å². The van der Waals surface area contributed by atoms with Crippen LogP contribution >= 0.6 is 11.6 Å². The molecule has 0 saturated carbocycles. The van der Waals surface area contributed by atoms with Crippen LogP contribution in [0.3, 0.4) is 0 Å². The minimum Gasteiger partial charge on any atom is -0.373 e. The summed E-state index contributed by atoms with van der Waals surface area (Å²) in [6, 6.07) is 3.79. The lowest BCUT2D eigenvalue weighted by atomic mass is 10.2. The highest BCUT2D eigenvalue weighted by Crippen LogP contribution is 2.20. The van der Waals surface area contributed by atoms with Crippen molar-refractivity contribution in [1.29, 1.82) is 0 Å². The van der Waals surface area contributed by atoms with Gasteiger partial charge in [0.2, 0.25) is 0 Å². The summed E-state index contributed by atoms with van der Waals surface area (Å²) in [5, 5.41) is 3.24. The average Bonchev–Trinajstić information content (AvgIpc) is 2.86. The number of likely N-dealkylation sites (tertiary alicyclic amines) is 1. The van der Waals surface area contributed by atoms with Crippen molar-refractivity contribution in [3.8, 4) is 0 Å². The third-order valence-electron chi connectivity index (χ3n) is 3.48. The monoisotopic (exact) mass is 282 g/mol. The Bertz CT molecular complexity index is 478. The second kappa shape index (κ2) is 5.75. The van der Waals surface area contributed by atoms with Gasteiger partial charge in [0.1, 0.15) is 11.0 Å². The van der Waals surface area contributed by atoms with Gasteiger partial charge in [-0.1, -0.05) is 11.6 Å². The molecule has 6 heteroatoms. The Balaban J connectivity index is 2.14. The maximum absolute atomic E-state index is 12.4. The molecule has 0 radical (unpaired) electrons. The largest absolute Gasteiger partial charge is 0.373 e. The van der Waals surface area contributed by atoms with Gasteiger partial charge in [-0.15, -0.1) is 0 Å². The number of pyridine rings is 1. The van der Waals surface area contributed by atoms with Crippen molar-refractivity contribution in [1.82, 2.24) is 14.8 Å². The summed E-state index contributed by atoms with van der Waals surface area (Å²) in [6.45, 7) is 1.55. The zero-order chi connectivity index (χ0) is 14.0. The van der Waals surface area contributed by atoms with Crippen LogP contribution in [0.15, 0.2) is 12.1 Å². The van der Waals surface area contributed by atoms with E-state index in [2.05, 4.69) is 15.2 Å². The van der Waals surface area contributed by atoms with Crippen molar-refractivity contribution in [2.24, 2.45) is 0 Å².